The molecule has 1 atom stereocenters. The van der Waals surface area contributed by atoms with Gasteiger partial charge in [-0.25, -0.2) is 0 Å². The van der Waals surface area contributed by atoms with Crippen LogP contribution in [0.2, 0.25) is 0 Å². The Bertz CT molecular complexity index is 162. The predicted octanol–water partition coefficient (Wildman–Crippen LogP) is 4.42. The van der Waals surface area contributed by atoms with Crippen molar-refractivity contribution < 1.29 is 5.11 Å². The summed E-state index contributed by atoms with van der Waals surface area (Å²) >= 11 is 0. The molecule has 0 aliphatic rings. The molecule has 0 heterocycles. The Morgan fingerprint density at radius 2 is 1.41 bits per heavy atom. The average molecular weight is 243 g/mol. The third kappa shape index (κ3) is 11.8. The second-order valence-corrected chi connectivity index (χ2v) is 4.89. The fourth-order valence-electron chi connectivity index (χ4n) is 2.09. The molecule has 0 aromatic rings. The van der Waals surface area contributed by atoms with Crippen molar-refractivity contribution in [2.45, 2.75) is 83.6 Å². The van der Waals surface area contributed by atoms with Crippen LogP contribution in [0.3, 0.4) is 0 Å². The number of rotatable bonds is 13. The molecule has 0 aromatic heterocycles. The monoisotopic (exact) mass is 243 g/mol. The summed E-state index contributed by atoms with van der Waals surface area (Å²) in [5.74, 6) is 0. The van der Waals surface area contributed by atoms with Crippen LogP contribution in [0.4, 0.5) is 0 Å². The van der Waals surface area contributed by atoms with Crippen LogP contribution in [0.5, 0.6) is 0 Å². The van der Waals surface area contributed by atoms with Crippen LogP contribution in [-0.2, 0) is 0 Å². The zero-order valence-corrected chi connectivity index (χ0v) is 11.4. The van der Waals surface area contributed by atoms with E-state index in [2.05, 4.69) is 12.1 Å². The highest BCUT2D eigenvalue weighted by Gasteiger charge is 2.06. The van der Waals surface area contributed by atoms with E-state index in [0.29, 0.717) is 6.42 Å². The number of aliphatic hydroxyl groups is 1. The number of unbranched alkanes of at least 4 members (excludes halogenated alkanes) is 8. The summed E-state index contributed by atoms with van der Waals surface area (Å²) in [6.45, 7) is 2.32. The fraction of sp³-hybridized carbons (Fsp3) is 1.00. The maximum Gasteiger partial charge on any atom is 0.0941 e. The van der Waals surface area contributed by atoms with E-state index in [9.17, 15) is 4.91 Å². The van der Waals surface area contributed by atoms with Gasteiger partial charge in [0, 0.05) is 6.61 Å². The van der Waals surface area contributed by atoms with Gasteiger partial charge in [0.1, 0.15) is 0 Å². The van der Waals surface area contributed by atoms with Crippen molar-refractivity contribution in [1.82, 2.24) is 0 Å². The Labute approximate surface area is 106 Å². The predicted molar refractivity (Wildman–Crippen MR) is 73.1 cm³/mol. The van der Waals surface area contributed by atoms with Crippen LogP contribution in [0.1, 0.15) is 77.6 Å². The highest BCUT2D eigenvalue weighted by Crippen LogP contribution is 2.13. The average Bonchev–Trinajstić information content (AvgIpc) is 2.35. The van der Waals surface area contributed by atoms with Crippen LogP contribution in [0, 0.1) is 4.91 Å². The van der Waals surface area contributed by atoms with Gasteiger partial charge in [-0.1, -0.05) is 69.9 Å². The van der Waals surface area contributed by atoms with E-state index in [1.54, 1.807) is 0 Å². The summed E-state index contributed by atoms with van der Waals surface area (Å²) < 4.78 is 0. The van der Waals surface area contributed by atoms with Crippen molar-refractivity contribution in [1.29, 1.82) is 0 Å². The molecule has 0 aliphatic heterocycles. The molecule has 0 spiro atoms. The maximum atomic E-state index is 10.4. The molecule has 1 unspecified atom stereocenters. The zero-order valence-electron chi connectivity index (χ0n) is 11.4. The van der Waals surface area contributed by atoms with Gasteiger partial charge in [-0.05, 0) is 12.8 Å². The van der Waals surface area contributed by atoms with E-state index < -0.39 is 0 Å². The number of nitroso groups, excluding NO2 is 1. The number of hydrogen-bond acceptors (Lipinski definition) is 3. The lowest BCUT2D eigenvalue weighted by atomic mass is 10.0. The Morgan fingerprint density at radius 1 is 0.882 bits per heavy atom. The summed E-state index contributed by atoms with van der Waals surface area (Å²) in [6.07, 6.45) is 13.0. The first-order chi connectivity index (χ1) is 8.35. The van der Waals surface area contributed by atoms with E-state index in [0.717, 1.165) is 12.8 Å². The van der Waals surface area contributed by atoms with E-state index in [-0.39, 0.29) is 12.6 Å². The fourth-order valence-corrected chi connectivity index (χ4v) is 2.09. The molecule has 0 aliphatic carbocycles. The lowest BCUT2D eigenvalue weighted by Gasteiger charge is -2.06. The minimum Gasteiger partial charge on any atom is -0.396 e. The third-order valence-electron chi connectivity index (χ3n) is 3.25. The number of aliphatic hydroxyl groups excluding tert-OH is 1. The van der Waals surface area contributed by atoms with Crippen LogP contribution in [-0.4, -0.2) is 17.8 Å². The van der Waals surface area contributed by atoms with Crippen LogP contribution >= 0.6 is 0 Å². The Hall–Kier alpha value is -0.440. The van der Waals surface area contributed by atoms with E-state index >= 15 is 0 Å². The highest BCUT2D eigenvalue weighted by molar-refractivity contribution is 4.64. The Morgan fingerprint density at radius 3 is 1.88 bits per heavy atom. The quantitative estimate of drug-likeness (QED) is 0.384. The molecule has 0 amide bonds. The molecular formula is C14H29NO2. The SMILES string of the molecule is CCCCCCCCCCCC(CCO)N=O. The molecule has 0 saturated carbocycles. The minimum atomic E-state index is -0.162. The van der Waals surface area contributed by atoms with Crippen molar-refractivity contribution in [3.05, 3.63) is 4.91 Å². The van der Waals surface area contributed by atoms with Gasteiger partial charge < -0.3 is 5.11 Å². The second-order valence-electron chi connectivity index (χ2n) is 4.89. The first-order valence-corrected chi connectivity index (χ1v) is 7.28. The minimum absolute atomic E-state index is 0.0772. The molecule has 0 aromatic carbocycles. The lowest BCUT2D eigenvalue weighted by molar-refractivity contribution is 0.272. The summed E-state index contributed by atoms with van der Waals surface area (Å²) in [4.78, 5) is 10.4. The highest BCUT2D eigenvalue weighted by atomic mass is 16.3. The smallest absolute Gasteiger partial charge is 0.0941 e. The van der Waals surface area contributed by atoms with Crippen LogP contribution in [0.15, 0.2) is 5.18 Å². The lowest BCUT2D eigenvalue weighted by Crippen LogP contribution is -2.05. The van der Waals surface area contributed by atoms with Gasteiger partial charge in [-0.3, -0.25) is 0 Å². The normalized spacial score (nSPS) is 12.6. The van der Waals surface area contributed by atoms with E-state index in [1.165, 1.54) is 51.4 Å². The molecule has 102 valence electrons. The maximum absolute atomic E-state index is 10.4. The van der Waals surface area contributed by atoms with Gasteiger partial charge >= 0.3 is 0 Å². The Kier molecular flexibility index (Phi) is 13.3. The molecule has 3 heteroatoms. The molecule has 0 bridgehead atoms. The van der Waals surface area contributed by atoms with Gasteiger partial charge in [0.05, 0.1) is 6.04 Å². The van der Waals surface area contributed by atoms with Crippen molar-refractivity contribution in [2.75, 3.05) is 6.61 Å². The van der Waals surface area contributed by atoms with Crippen molar-refractivity contribution in [3.8, 4) is 0 Å². The van der Waals surface area contributed by atoms with Gasteiger partial charge in [0.15, 0.2) is 0 Å². The second kappa shape index (κ2) is 13.6. The van der Waals surface area contributed by atoms with Crippen molar-refractivity contribution >= 4 is 0 Å². The molecule has 0 radical (unpaired) electrons. The van der Waals surface area contributed by atoms with Crippen molar-refractivity contribution in [3.63, 3.8) is 0 Å². The van der Waals surface area contributed by atoms with Gasteiger partial charge in [-0.15, -0.1) is 0 Å². The first-order valence-electron chi connectivity index (χ1n) is 7.28. The molecule has 3 nitrogen and oxygen atoms in total. The van der Waals surface area contributed by atoms with Gasteiger partial charge in [-0.2, -0.15) is 4.91 Å². The third-order valence-corrected chi connectivity index (χ3v) is 3.25. The van der Waals surface area contributed by atoms with Crippen LogP contribution in [0.25, 0.3) is 0 Å². The van der Waals surface area contributed by atoms with Crippen LogP contribution < -0.4 is 0 Å². The summed E-state index contributed by atoms with van der Waals surface area (Å²) in [6, 6.07) is -0.162. The first kappa shape index (κ1) is 16.6. The summed E-state index contributed by atoms with van der Waals surface area (Å²) in [5, 5.41) is 11.7. The number of hydrogen-bond donors (Lipinski definition) is 1. The summed E-state index contributed by atoms with van der Waals surface area (Å²) in [5.41, 5.74) is 0. The molecule has 0 rings (SSSR count). The molecule has 1 N–H and O–H groups in total. The van der Waals surface area contributed by atoms with Gasteiger partial charge in [0.25, 0.3) is 0 Å². The Balaban J connectivity index is 3.14. The van der Waals surface area contributed by atoms with Gasteiger partial charge in [0.2, 0.25) is 0 Å². The standard InChI is InChI=1S/C14H29NO2/c1-2-3-4-5-6-7-8-9-10-11-14(15-17)12-13-16/h14,16H,2-13H2,1H3. The van der Waals surface area contributed by atoms with Crippen molar-refractivity contribution in [2.24, 2.45) is 5.18 Å². The molecular weight excluding hydrogens is 214 g/mol. The topological polar surface area (TPSA) is 49.7 Å². The number of nitrogens with zero attached hydrogens (tertiary/aromatic N) is 1. The zero-order chi connectivity index (χ0) is 12.8. The largest absolute Gasteiger partial charge is 0.396 e. The summed E-state index contributed by atoms with van der Waals surface area (Å²) in [7, 11) is 0. The molecule has 17 heavy (non-hydrogen) atoms. The molecule has 0 saturated heterocycles. The van der Waals surface area contributed by atoms with E-state index in [4.69, 9.17) is 5.11 Å². The molecule has 0 fully saturated rings. The van der Waals surface area contributed by atoms with E-state index in [1.807, 2.05) is 0 Å².